The van der Waals surface area contributed by atoms with Crippen LogP contribution in [0.5, 0.6) is 5.75 Å². The number of fused-ring (bicyclic) bond motifs is 4. The van der Waals surface area contributed by atoms with Gasteiger partial charge in [0.05, 0.1) is 23.4 Å². The first-order valence-electron chi connectivity index (χ1n) is 9.42. The zero-order valence-electron chi connectivity index (χ0n) is 16.1. The van der Waals surface area contributed by atoms with E-state index in [4.69, 9.17) is 14.6 Å². The highest BCUT2D eigenvalue weighted by Gasteiger charge is 2.22. The molecule has 1 aliphatic carbocycles. The van der Waals surface area contributed by atoms with Gasteiger partial charge in [0, 0.05) is 22.6 Å². The van der Waals surface area contributed by atoms with E-state index in [1.807, 2.05) is 36.4 Å². The Balaban J connectivity index is 2.06. The average molecular weight is 395 g/mol. The van der Waals surface area contributed by atoms with Crippen LogP contribution in [0.4, 0.5) is 0 Å². The first-order valence-corrected chi connectivity index (χ1v) is 9.42. The predicted octanol–water partition coefficient (Wildman–Crippen LogP) is 5.54. The number of nitrogens with one attached hydrogen (secondary N) is 1. The molecular formula is C25H17NO4. The summed E-state index contributed by atoms with van der Waals surface area (Å²) in [6.45, 7) is 0. The Kier molecular flexibility index (Phi) is 4.03. The lowest BCUT2D eigenvalue weighted by atomic mass is 9.90. The number of hydrogen-bond donors (Lipinski definition) is 2. The summed E-state index contributed by atoms with van der Waals surface area (Å²) in [5.74, 6) is 0.187. The van der Waals surface area contributed by atoms with Crippen LogP contribution in [0.2, 0.25) is 0 Å². The van der Waals surface area contributed by atoms with E-state index in [1.165, 1.54) is 0 Å². The number of benzene rings is 4. The number of methoxy groups -OCH3 is 1. The molecule has 0 saturated carbocycles. The van der Waals surface area contributed by atoms with Crippen LogP contribution in [0, 0.1) is 5.41 Å². The van der Waals surface area contributed by atoms with Crippen LogP contribution in [0.3, 0.4) is 0 Å². The standard InChI is InChI=1S/C25H17NO4/c1-29-20-8-4-5-14-9-11-19-23(16-6-2-3-7-17(16)25(27)28)18-12-10-15(26)13-21(18)30-24(19)22(14)20/h2-13,26H,1H3,(H,27,28). The number of carbonyl (C=O) groups is 1. The Morgan fingerprint density at radius 1 is 0.967 bits per heavy atom. The topological polar surface area (TPSA) is 83.5 Å². The summed E-state index contributed by atoms with van der Waals surface area (Å²) in [5.41, 5.74) is 2.92. The van der Waals surface area contributed by atoms with E-state index in [0.717, 1.165) is 27.3 Å². The molecule has 0 saturated heterocycles. The molecule has 1 heterocycles. The molecule has 0 aromatic heterocycles. The van der Waals surface area contributed by atoms with Crippen molar-refractivity contribution in [1.82, 2.24) is 0 Å². The van der Waals surface area contributed by atoms with Crippen LogP contribution in [-0.4, -0.2) is 18.2 Å². The smallest absolute Gasteiger partial charge is 0.336 e. The van der Waals surface area contributed by atoms with Gasteiger partial charge in [-0.05, 0) is 41.3 Å². The molecule has 5 rings (SSSR count). The molecule has 30 heavy (non-hydrogen) atoms. The lowest BCUT2D eigenvalue weighted by molar-refractivity contribution is 0.0697. The highest BCUT2D eigenvalue weighted by atomic mass is 16.5. The first-order chi connectivity index (χ1) is 14.6. The maximum absolute atomic E-state index is 12.0. The average Bonchev–Trinajstić information content (AvgIpc) is 2.76. The summed E-state index contributed by atoms with van der Waals surface area (Å²) in [6.07, 6.45) is 0. The first kappa shape index (κ1) is 17.9. The quantitative estimate of drug-likeness (QED) is 0.310. The minimum Gasteiger partial charge on any atom is -0.496 e. The van der Waals surface area contributed by atoms with E-state index < -0.39 is 5.97 Å². The third kappa shape index (κ3) is 2.63. The Morgan fingerprint density at radius 3 is 2.60 bits per heavy atom. The molecule has 3 aromatic rings. The van der Waals surface area contributed by atoms with E-state index in [1.54, 1.807) is 43.5 Å². The molecule has 1 aliphatic heterocycles. The van der Waals surface area contributed by atoms with Crippen molar-refractivity contribution in [2.45, 2.75) is 0 Å². The van der Waals surface area contributed by atoms with Crippen molar-refractivity contribution in [3.8, 4) is 28.2 Å². The molecule has 0 atom stereocenters. The van der Waals surface area contributed by atoms with Gasteiger partial charge in [-0.15, -0.1) is 0 Å². The third-order valence-electron chi connectivity index (χ3n) is 5.34. The minimum absolute atomic E-state index is 0.210. The molecule has 0 radical (unpaired) electrons. The predicted molar refractivity (Wildman–Crippen MR) is 115 cm³/mol. The van der Waals surface area contributed by atoms with E-state index in [9.17, 15) is 9.90 Å². The molecule has 2 aliphatic rings. The summed E-state index contributed by atoms with van der Waals surface area (Å²) in [7, 11) is 1.61. The lowest BCUT2D eigenvalue weighted by Crippen LogP contribution is -2.03. The van der Waals surface area contributed by atoms with E-state index >= 15 is 0 Å². The highest BCUT2D eigenvalue weighted by molar-refractivity contribution is 6.15. The number of rotatable bonds is 3. The van der Waals surface area contributed by atoms with E-state index in [-0.39, 0.29) is 5.56 Å². The van der Waals surface area contributed by atoms with Gasteiger partial charge in [0.1, 0.15) is 17.1 Å². The van der Waals surface area contributed by atoms with Gasteiger partial charge in [-0.3, -0.25) is 0 Å². The maximum atomic E-state index is 12.0. The maximum Gasteiger partial charge on any atom is 0.336 e. The van der Waals surface area contributed by atoms with E-state index in [2.05, 4.69) is 0 Å². The summed E-state index contributed by atoms with van der Waals surface area (Å²) in [5, 5.41) is 20.7. The lowest BCUT2D eigenvalue weighted by Gasteiger charge is -2.18. The second kappa shape index (κ2) is 6.74. The Labute approximate surface area is 171 Å². The third-order valence-corrected chi connectivity index (χ3v) is 5.34. The van der Waals surface area contributed by atoms with Crippen molar-refractivity contribution in [2.24, 2.45) is 0 Å². The molecule has 5 heteroatoms. The molecule has 3 aromatic carbocycles. The summed E-state index contributed by atoms with van der Waals surface area (Å²) in [4.78, 5) is 12.0. The Hall–Kier alpha value is -4.12. The fourth-order valence-electron chi connectivity index (χ4n) is 4.03. The number of aromatic carboxylic acids is 1. The van der Waals surface area contributed by atoms with Crippen LogP contribution in [-0.2, 0) is 0 Å². The molecule has 2 N–H and O–H groups in total. The molecule has 0 fully saturated rings. The van der Waals surface area contributed by atoms with Crippen molar-refractivity contribution >= 4 is 27.7 Å². The molecule has 0 amide bonds. The van der Waals surface area contributed by atoms with Crippen molar-refractivity contribution in [1.29, 1.82) is 5.41 Å². The van der Waals surface area contributed by atoms with Crippen LogP contribution in [0.1, 0.15) is 10.4 Å². The van der Waals surface area contributed by atoms with Crippen molar-refractivity contribution < 1.29 is 19.1 Å². The van der Waals surface area contributed by atoms with E-state index in [0.29, 0.717) is 28.0 Å². The van der Waals surface area contributed by atoms with Crippen molar-refractivity contribution in [3.63, 3.8) is 0 Å². The summed E-state index contributed by atoms with van der Waals surface area (Å²) < 4.78 is 11.9. The van der Waals surface area contributed by atoms with Gasteiger partial charge in [-0.2, -0.15) is 0 Å². The molecule has 0 unspecified atom stereocenters. The van der Waals surface area contributed by atoms with Gasteiger partial charge in [0.2, 0.25) is 0 Å². The van der Waals surface area contributed by atoms with Gasteiger partial charge >= 0.3 is 5.97 Å². The van der Waals surface area contributed by atoms with Crippen molar-refractivity contribution in [2.75, 3.05) is 7.11 Å². The zero-order valence-corrected chi connectivity index (χ0v) is 16.1. The number of carboxylic acid groups (broad SMARTS) is 1. The van der Waals surface area contributed by atoms with Crippen LogP contribution in [0.15, 0.2) is 77.2 Å². The van der Waals surface area contributed by atoms with Gasteiger partial charge in [0.15, 0.2) is 0 Å². The molecule has 146 valence electrons. The van der Waals surface area contributed by atoms with Crippen LogP contribution < -0.4 is 10.1 Å². The molecule has 5 nitrogen and oxygen atoms in total. The van der Waals surface area contributed by atoms with Crippen molar-refractivity contribution in [3.05, 3.63) is 83.7 Å². The van der Waals surface area contributed by atoms with Gasteiger partial charge < -0.3 is 19.7 Å². The molecular weight excluding hydrogens is 378 g/mol. The number of carboxylic acids is 1. The number of hydrogen-bond acceptors (Lipinski definition) is 4. The number of ether oxygens (including phenoxy) is 1. The van der Waals surface area contributed by atoms with Crippen LogP contribution >= 0.6 is 0 Å². The van der Waals surface area contributed by atoms with Crippen LogP contribution in [0.25, 0.3) is 44.2 Å². The second-order valence-corrected chi connectivity index (χ2v) is 7.04. The Bertz CT molecular complexity index is 1480. The largest absolute Gasteiger partial charge is 0.496 e. The molecule has 0 spiro atoms. The normalized spacial score (nSPS) is 11.2. The Morgan fingerprint density at radius 2 is 1.80 bits per heavy atom. The fourth-order valence-corrected chi connectivity index (χ4v) is 4.03. The van der Waals surface area contributed by atoms with Gasteiger partial charge in [-0.25, -0.2) is 4.79 Å². The molecule has 0 bridgehead atoms. The summed E-state index contributed by atoms with van der Waals surface area (Å²) >= 11 is 0. The highest BCUT2D eigenvalue weighted by Crippen LogP contribution is 2.44. The zero-order chi connectivity index (χ0) is 20.8. The van der Waals surface area contributed by atoms with Gasteiger partial charge in [-0.1, -0.05) is 36.4 Å². The SMILES string of the molecule is COc1cccc2ccc3c(-c4ccccc4C(=O)O)c4ccc(=N)cc-4oc3c12. The summed E-state index contributed by atoms with van der Waals surface area (Å²) in [6, 6.07) is 21.8. The monoisotopic (exact) mass is 395 g/mol. The van der Waals surface area contributed by atoms with Gasteiger partial charge in [0.25, 0.3) is 0 Å². The fraction of sp³-hybridized carbons (Fsp3) is 0.0400. The minimum atomic E-state index is -0.997. The second-order valence-electron chi connectivity index (χ2n) is 7.04.